The van der Waals surface area contributed by atoms with E-state index in [0.29, 0.717) is 17.5 Å². The molecule has 0 atom stereocenters. The molecule has 1 aliphatic rings. The molecule has 4 rings (SSSR count). The quantitative estimate of drug-likeness (QED) is 0.436. The Morgan fingerprint density at radius 1 is 0.974 bits per heavy atom. The fourth-order valence-electron chi connectivity index (χ4n) is 4.28. The summed E-state index contributed by atoms with van der Waals surface area (Å²) in [6.45, 7) is -0.325. The normalized spacial score (nSPS) is 15.3. The Morgan fingerprint density at radius 3 is 2.34 bits per heavy atom. The molecule has 3 aromatic carbocycles. The summed E-state index contributed by atoms with van der Waals surface area (Å²) in [6.07, 6.45) is -0.259. The first-order chi connectivity index (χ1) is 18.2. The first-order valence-corrected chi connectivity index (χ1v) is 11.5. The molecule has 196 valence electrons. The number of halogens is 2. The van der Waals surface area contributed by atoms with Crippen molar-refractivity contribution in [3.8, 4) is 11.5 Å². The van der Waals surface area contributed by atoms with Gasteiger partial charge in [0, 0.05) is 41.4 Å². The van der Waals surface area contributed by atoms with E-state index in [0.717, 1.165) is 0 Å². The van der Waals surface area contributed by atoms with Crippen LogP contribution in [0, 0.1) is 0 Å². The summed E-state index contributed by atoms with van der Waals surface area (Å²) in [5, 5.41) is 11.9. The second kappa shape index (κ2) is 10.7. The minimum absolute atomic E-state index is 0.0260. The van der Waals surface area contributed by atoms with Gasteiger partial charge in [-0.25, -0.2) is 13.6 Å². The molecular weight excluding hydrogens is 498 g/mol. The highest BCUT2D eigenvalue weighted by Crippen LogP contribution is 2.43. The molecule has 0 bridgehead atoms. The number of anilines is 2. The van der Waals surface area contributed by atoms with E-state index < -0.39 is 35.7 Å². The Balaban J connectivity index is 1.60. The molecule has 0 saturated heterocycles. The monoisotopic (exact) mass is 522 g/mol. The lowest BCUT2D eigenvalue weighted by atomic mass is 9.97. The molecule has 0 spiro atoms. The maximum atomic E-state index is 14.9. The van der Waals surface area contributed by atoms with Crippen molar-refractivity contribution >= 4 is 34.7 Å². The van der Waals surface area contributed by atoms with Gasteiger partial charge in [0.25, 0.3) is 17.7 Å². The molecule has 1 heterocycles. The van der Waals surface area contributed by atoms with Gasteiger partial charge in [-0.1, -0.05) is 24.3 Å². The van der Waals surface area contributed by atoms with E-state index in [-0.39, 0.29) is 34.7 Å². The molecule has 2 amide bonds. The molecule has 3 aromatic rings. The van der Waals surface area contributed by atoms with Gasteiger partial charge >= 0.3 is 5.97 Å². The van der Waals surface area contributed by atoms with Gasteiger partial charge in [0.15, 0.2) is 11.5 Å². The lowest BCUT2D eigenvalue weighted by molar-refractivity contribution is -0.131. The number of nitrogens with zero attached hydrogens (tertiary/aromatic N) is 1. The van der Waals surface area contributed by atoms with Crippen molar-refractivity contribution in [1.82, 2.24) is 0 Å². The van der Waals surface area contributed by atoms with Crippen molar-refractivity contribution < 1.29 is 37.7 Å². The standard InChI is InChI=1S/C28H24F2N2O6/c1-37-23-9-5-7-20(25(23)38-2)26(35)31-18-12-10-17(11-13-18)27(36)32-15-14-28(29,30)21(16-24(33)34)19-6-3-4-8-22(19)32/h3-13,16H,14-15H2,1-2H3,(H,31,35)(H,33,34)/b21-16-. The van der Waals surface area contributed by atoms with Gasteiger partial charge in [0.2, 0.25) is 0 Å². The van der Waals surface area contributed by atoms with Gasteiger partial charge in [0.05, 0.1) is 25.5 Å². The van der Waals surface area contributed by atoms with Gasteiger partial charge in [-0.15, -0.1) is 0 Å². The number of methoxy groups -OCH3 is 2. The van der Waals surface area contributed by atoms with Crippen LogP contribution in [-0.2, 0) is 4.79 Å². The van der Waals surface area contributed by atoms with E-state index in [2.05, 4.69) is 5.32 Å². The SMILES string of the molecule is COc1cccc(C(=O)Nc2ccc(C(=O)N3CCC(F)(F)/C(=C\C(=O)O)c4ccccc43)cc2)c1OC. The van der Waals surface area contributed by atoms with Crippen LogP contribution in [0.5, 0.6) is 11.5 Å². The summed E-state index contributed by atoms with van der Waals surface area (Å²) in [5.41, 5.74) is 0.351. The number of hydrogen-bond acceptors (Lipinski definition) is 5. The Bertz CT molecular complexity index is 1420. The molecule has 0 aliphatic carbocycles. The molecule has 0 radical (unpaired) electrons. The van der Waals surface area contributed by atoms with E-state index in [9.17, 15) is 23.2 Å². The number of aliphatic carboxylic acids is 1. The van der Waals surface area contributed by atoms with Gasteiger partial charge in [0.1, 0.15) is 0 Å². The number of para-hydroxylation sites is 2. The summed E-state index contributed by atoms with van der Waals surface area (Å²) in [4.78, 5) is 38.7. The molecule has 38 heavy (non-hydrogen) atoms. The van der Waals surface area contributed by atoms with E-state index in [1.165, 1.54) is 61.6 Å². The minimum atomic E-state index is -3.45. The molecule has 8 nitrogen and oxygen atoms in total. The fraction of sp³-hybridized carbons (Fsp3) is 0.179. The summed E-state index contributed by atoms with van der Waals surface area (Å²) in [5.74, 6) is -5.28. The predicted octanol–water partition coefficient (Wildman–Crippen LogP) is 5.11. The summed E-state index contributed by atoms with van der Waals surface area (Å²) in [6, 6.07) is 16.8. The third-order valence-corrected chi connectivity index (χ3v) is 6.08. The second-order valence-electron chi connectivity index (χ2n) is 8.40. The molecule has 0 aromatic heterocycles. The van der Waals surface area contributed by atoms with Crippen molar-refractivity contribution in [3.05, 3.63) is 89.5 Å². The molecule has 0 saturated carbocycles. The van der Waals surface area contributed by atoms with Crippen molar-refractivity contribution in [2.24, 2.45) is 0 Å². The molecule has 10 heteroatoms. The zero-order valence-electron chi connectivity index (χ0n) is 20.5. The summed E-state index contributed by atoms with van der Waals surface area (Å²) < 4.78 is 40.3. The van der Waals surface area contributed by atoms with Crippen molar-refractivity contribution in [2.45, 2.75) is 12.3 Å². The van der Waals surface area contributed by atoms with E-state index in [1.807, 2.05) is 0 Å². The minimum Gasteiger partial charge on any atom is -0.493 e. The van der Waals surface area contributed by atoms with Crippen LogP contribution >= 0.6 is 0 Å². The Kier molecular flexibility index (Phi) is 7.43. The van der Waals surface area contributed by atoms with Crippen LogP contribution in [0.2, 0.25) is 0 Å². The van der Waals surface area contributed by atoms with Crippen LogP contribution in [0.4, 0.5) is 20.2 Å². The molecule has 1 aliphatic heterocycles. The zero-order valence-corrected chi connectivity index (χ0v) is 20.5. The molecule has 0 unspecified atom stereocenters. The molecule has 2 N–H and O–H groups in total. The van der Waals surface area contributed by atoms with Crippen molar-refractivity contribution in [3.63, 3.8) is 0 Å². The number of allylic oxidation sites excluding steroid dienone is 1. The number of nitrogens with one attached hydrogen (secondary N) is 1. The number of benzene rings is 3. The number of fused-ring (bicyclic) bond motifs is 1. The lowest BCUT2D eigenvalue weighted by Gasteiger charge is -2.23. The first kappa shape index (κ1) is 26.3. The van der Waals surface area contributed by atoms with Crippen LogP contribution in [0.1, 0.15) is 32.7 Å². The Morgan fingerprint density at radius 2 is 1.68 bits per heavy atom. The average molecular weight is 523 g/mol. The molecule has 0 fully saturated rings. The molecular formula is C28H24F2N2O6. The number of ether oxygens (including phenoxy) is 2. The van der Waals surface area contributed by atoms with Gasteiger partial charge < -0.3 is 24.8 Å². The number of carbonyl (C=O) groups excluding carboxylic acids is 2. The number of alkyl halides is 2. The number of carboxylic acids is 1. The highest BCUT2D eigenvalue weighted by atomic mass is 19.3. The van der Waals surface area contributed by atoms with E-state index >= 15 is 0 Å². The van der Waals surface area contributed by atoms with E-state index in [1.54, 1.807) is 24.3 Å². The summed E-state index contributed by atoms with van der Waals surface area (Å²) >= 11 is 0. The van der Waals surface area contributed by atoms with Crippen molar-refractivity contribution in [1.29, 1.82) is 0 Å². The Labute approximate surface area is 217 Å². The smallest absolute Gasteiger partial charge is 0.328 e. The second-order valence-corrected chi connectivity index (χ2v) is 8.40. The highest BCUT2D eigenvalue weighted by molar-refractivity contribution is 6.10. The van der Waals surface area contributed by atoms with Gasteiger partial charge in [-0.3, -0.25) is 9.59 Å². The maximum Gasteiger partial charge on any atom is 0.328 e. The van der Waals surface area contributed by atoms with Crippen molar-refractivity contribution in [2.75, 3.05) is 31.0 Å². The fourth-order valence-corrected chi connectivity index (χ4v) is 4.28. The number of rotatable bonds is 6. The van der Waals surface area contributed by atoms with Gasteiger partial charge in [-0.05, 0) is 42.5 Å². The van der Waals surface area contributed by atoms with Crippen LogP contribution in [0.3, 0.4) is 0 Å². The number of carboxylic acid groups (broad SMARTS) is 1. The number of hydrogen-bond donors (Lipinski definition) is 2. The Hall–Kier alpha value is -4.73. The van der Waals surface area contributed by atoms with E-state index in [4.69, 9.17) is 14.6 Å². The zero-order chi connectivity index (χ0) is 27.4. The largest absolute Gasteiger partial charge is 0.493 e. The number of carbonyl (C=O) groups is 3. The van der Waals surface area contributed by atoms with Crippen LogP contribution in [0.15, 0.2) is 72.8 Å². The lowest BCUT2D eigenvalue weighted by Crippen LogP contribution is -2.33. The summed E-state index contributed by atoms with van der Waals surface area (Å²) in [7, 11) is 2.88. The van der Waals surface area contributed by atoms with Crippen LogP contribution < -0.4 is 19.7 Å². The third-order valence-electron chi connectivity index (χ3n) is 6.08. The number of amides is 2. The van der Waals surface area contributed by atoms with Crippen LogP contribution in [0.25, 0.3) is 5.57 Å². The first-order valence-electron chi connectivity index (χ1n) is 11.5. The topological polar surface area (TPSA) is 105 Å². The van der Waals surface area contributed by atoms with Crippen LogP contribution in [-0.4, -0.2) is 49.6 Å². The highest BCUT2D eigenvalue weighted by Gasteiger charge is 2.41. The predicted molar refractivity (Wildman–Crippen MR) is 137 cm³/mol. The third kappa shape index (κ3) is 5.19. The average Bonchev–Trinajstić information content (AvgIpc) is 3.01. The van der Waals surface area contributed by atoms with Gasteiger partial charge in [-0.2, -0.15) is 0 Å². The maximum absolute atomic E-state index is 14.9.